The topological polar surface area (TPSA) is 81.8 Å². The SMILES string of the molecule is Cc1ccc([C@@H](C[N+](=O)[O-])[C@]2(c3ccccc3)N=C(C(C)C)C(=O)O2)cc1. The van der Waals surface area contributed by atoms with Crippen LogP contribution < -0.4 is 0 Å². The van der Waals surface area contributed by atoms with E-state index in [2.05, 4.69) is 4.99 Å². The average Bonchev–Trinajstić information content (AvgIpc) is 3.00. The highest BCUT2D eigenvalue weighted by molar-refractivity contribution is 6.38. The van der Waals surface area contributed by atoms with Gasteiger partial charge in [-0.15, -0.1) is 0 Å². The second-order valence-corrected chi connectivity index (χ2v) is 7.08. The highest BCUT2D eigenvalue weighted by Crippen LogP contribution is 2.45. The first-order chi connectivity index (χ1) is 12.8. The van der Waals surface area contributed by atoms with E-state index < -0.39 is 24.2 Å². The van der Waals surface area contributed by atoms with Crippen LogP contribution >= 0.6 is 0 Å². The van der Waals surface area contributed by atoms with Gasteiger partial charge in [0, 0.05) is 16.4 Å². The monoisotopic (exact) mass is 366 g/mol. The normalized spacial score (nSPS) is 20.3. The summed E-state index contributed by atoms with van der Waals surface area (Å²) in [4.78, 5) is 28.3. The number of hydrogen-bond acceptors (Lipinski definition) is 5. The number of esters is 1. The van der Waals surface area contributed by atoms with Crippen LogP contribution in [-0.4, -0.2) is 23.1 Å². The Labute approximate surface area is 158 Å². The molecular weight excluding hydrogens is 344 g/mol. The Bertz CT molecular complexity index is 875. The third-order valence-corrected chi connectivity index (χ3v) is 4.76. The molecule has 0 fully saturated rings. The van der Waals surface area contributed by atoms with Gasteiger partial charge in [0.05, 0.1) is 0 Å². The number of nitro groups is 1. The second kappa shape index (κ2) is 7.31. The van der Waals surface area contributed by atoms with Gasteiger partial charge in [-0.2, -0.15) is 0 Å². The molecule has 6 nitrogen and oxygen atoms in total. The first-order valence-corrected chi connectivity index (χ1v) is 8.90. The molecule has 0 spiro atoms. The van der Waals surface area contributed by atoms with Gasteiger partial charge in [0.15, 0.2) is 0 Å². The van der Waals surface area contributed by atoms with Gasteiger partial charge in [-0.05, 0) is 12.5 Å². The van der Waals surface area contributed by atoms with Gasteiger partial charge < -0.3 is 4.74 Å². The van der Waals surface area contributed by atoms with Gasteiger partial charge >= 0.3 is 5.97 Å². The van der Waals surface area contributed by atoms with E-state index in [1.54, 1.807) is 12.1 Å². The Morgan fingerprint density at radius 1 is 1.11 bits per heavy atom. The number of carbonyl (C=O) groups is 1. The fourth-order valence-corrected chi connectivity index (χ4v) is 3.36. The Kier molecular flexibility index (Phi) is 5.08. The summed E-state index contributed by atoms with van der Waals surface area (Å²) in [6.07, 6.45) is 0. The lowest BCUT2D eigenvalue weighted by molar-refractivity contribution is -0.487. The molecule has 0 saturated carbocycles. The number of nitrogens with zero attached hydrogens (tertiary/aromatic N) is 2. The molecule has 27 heavy (non-hydrogen) atoms. The minimum atomic E-state index is -1.44. The predicted molar refractivity (Wildman–Crippen MR) is 102 cm³/mol. The largest absolute Gasteiger partial charge is 0.427 e. The van der Waals surface area contributed by atoms with E-state index >= 15 is 0 Å². The maximum atomic E-state index is 12.6. The van der Waals surface area contributed by atoms with Crippen LogP contribution in [0.1, 0.15) is 36.5 Å². The van der Waals surface area contributed by atoms with Gasteiger partial charge in [-0.1, -0.05) is 74.0 Å². The zero-order chi connectivity index (χ0) is 19.6. The van der Waals surface area contributed by atoms with Crippen molar-refractivity contribution in [2.45, 2.75) is 32.4 Å². The van der Waals surface area contributed by atoms with E-state index in [1.165, 1.54) is 0 Å². The zero-order valence-corrected chi connectivity index (χ0v) is 15.6. The summed E-state index contributed by atoms with van der Waals surface area (Å²) in [5, 5.41) is 11.5. The maximum Gasteiger partial charge on any atom is 0.355 e. The molecule has 0 amide bonds. The van der Waals surface area contributed by atoms with Crippen molar-refractivity contribution < 1.29 is 14.5 Å². The van der Waals surface area contributed by atoms with Crippen LogP contribution in [0.15, 0.2) is 59.6 Å². The second-order valence-electron chi connectivity index (χ2n) is 7.08. The summed E-state index contributed by atoms with van der Waals surface area (Å²) in [5.41, 5.74) is 1.24. The molecule has 1 aliphatic heterocycles. The zero-order valence-electron chi connectivity index (χ0n) is 15.6. The molecule has 0 aliphatic carbocycles. The summed E-state index contributed by atoms with van der Waals surface area (Å²) in [5.74, 6) is -1.40. The quantitative estimate of drug-likeness (QED) is 0.441. The van der Waals surface area contributed by atoms with Gasteiger partial charge in [0.1, 0.15) is 11.6 Å². The van der Waals surface area contributed by atoms with E-state index in [9.17, 15) is 14.9 Å². The number of ether oxygens (including phenoxy) is 1. The standard InChI is InChI=1S/C21H22N2O4/c1-14(2)19-20(24)27-21(22-19,17-7-5-4-6-8-17)18(13-23(25)26)16-11-9-15(3)10-12-16/h4-12,14,18H,13H2,1-3H3/t18-,21-/m1/s1. The molecule has 140 valence electrons. The first kappa shape index (κ1) is 18.8. The van der Waals surface area contributed by atoms with Crippen molar-refractivity contribution in [1.29, 1.82) is 0 Å². The Morgan fingerprint density at radius 3 is 2.26 bits per heavy atom. The number of aliphatic imine (C=N–C) groups is 1. The Hall–Kier alpha value is -3.02. The van der Waals surface area contributed by atoms with E-state index in [0.29, 0.717) is 16.8 Å². The number of carbonyl (C=O) groups excluding carboxylic acids is 1. The van der Waals surface area contributed by atoms with Gasteiger partial charge in [0.25, 0.3) is 0 Å². The van der Waals surface area contributed by atoms with E-state index in [1.807, 2.05) is 63.2 Å². The van der Waals surface area contributed by atoms with E-state index in [0.717, 1.165) is 5.56 Å². The van der Waals surface area contributed by atoms with Crippen LogP contribution in [0.2, 0.25) is 0 Å². The van der Waals surface area contributed by atoms with Crippen LogP contribution in [0.3, 0.4) is 0 Å². The fraction of sp³-hybridized carbons (Fsp3) is 0.333. The van der Waals surface area contributed by atoms with Crippen LogP contribution in [0.25, 0.3) is 0 Å². The van der Waals surface area contributed by atoms with Crippen LogP contribution in [-0.2, 0) is 15.3 Å². The number of hydrogen-bond donors (Lipinski definition) is 0. The molecule has 3 rings (SSSR count). The molecule has 0 bridgehead atoms. The van der Waals surface area contributed by atoms with Gasteiger partial charge in [-0.25, -0.2) is 9.79 Å². The van der Waals surface area contributed by atoms with Crippen molar-refractivity contribution >= 4 is 11.7 Å². The molecule has 0 unspecified atom stereocenters. The lowest BCUT2D eigenvalue weighted by Crippen LogP contribution is -2.37. The third-order valence-electron chi connectivity index (χ3n) is 4.76. The van der Waals surface area contributed by atoms with E-state index in [-0.39, 0.29) is 10.8 Å². The highest BCUT2D eigenvalue weighted by atomic mass is 16.6. The first-order valence-electron chi connectivity index (χ1n) is 8.90. The van der Waals surface area contributed by atoms with Crippen molar-refractivity contribution in [3.05, 3.63) is 81.4 Å². The van der Waals surface area contributed by atoms with Crippen LogP contribution in [0.5, 0.6) is 0 Å². The molecule has 2 aromatic carbocycles. The maximum absolute atomic E-state index is 12.6. The summed E-state index contributed by atoms with van der Waals surface area (Å²) < 4.78 is 5.81. The molecular formula is C21H22N2O4. The molecule has 1 aliphatic rings. The molecule has 0 N–H and O–H groups in total. The van der Waals surface area contributed by atoms with Gasteiger partial charge in [-0.3, -0.25) is 10.1 Å². The minimum Gasteiger partial charge on any atom is -0.427 e. The minimum absolute atomic E-state index is 0.141. The summed E-state index contributed by atoms with van der Waals surface area (Å²) in [7, 11) is 0. The average molecular weight is 366 g/mol. The molecule has 6 heteroatoms. The molecule has 0 aromatic heterocycles. The summed E-state index contributed by atoms with van der Waals surface area (Å²) in [6.45, 7) is 5.26. The molecule has 2 aromatic rings. The van der Waals surface area contributed by atoms with Crippen molar-refractivity contribution in [3.8, 4) is 0 Å². The molecule has 2 atom stereocenters. The number of rotatable bonds is 6. The number of benzene rings is 2. The molecule has 0 radical (unpaired) electrons. The van der Waals surface area contributed by atoms with E-state index in [4.69, 9.17) is 4.74 Å². The van der Waals surface area contributed by atoms with Gasteiger partial charge in [0.2, 0.25) is 12.3 Å². The highest BCUT2D eigenvalue weighted by Gasteiger charge is 2.52. The molecule has 0 saturated heterocycles. The Morgan fingerprint density at radius 2 is 1.74 bits per heavy atom. The summed E-state index contributed by atoms with van der Waals surface area (Å²) in [6, 6.07) is 16.5. The molecule has 1 heterocycles. The Balaban J connectivity index is 2.22. The van der Waals surface area contributed by atoms with Crippen molar-refractivity contribution in [3.63, 3.8) is 0 Å². The smallest absolute Gasteiger partial charge is 0.355 e. The summed E-state index contributed by atoms with van der Waals surface area (Å²) >= 11 is 0. The van der Waals surface area contributed by atoms with Crippen LogP contribution in [0.4, 0.5) is 0 Å². The lowest BCUT2D eigenvalue weighted by Gasteiger charge is -2.32. The number of cyclic esters (lactones) is 1. The number of aryl methyl sites for hydroxylation is 1. The predicted octanol–water partition coefficient (Wildman–Crippen LogP) is 3.86. The fourth-order valence-electron chi connectivity index (χ4n) is 3.36. The van der Waals surface area contributed by atoms with Crippen molar-refractivity contribution in [2.75, 3.05) is 6.54 Å². The third kappa shape index (κ3) is 3.60. The van der Waals surface area contributed by atoms with Crippen LogP contribution in [0, 0.1) is 23.0 Å². The van der Waals surface area contributed by atoms with Crippen molar-refractivity contribution in [2.24, 2.45) is 10.9 Å². The van der Waals surface area contributed by atoms with Crippen molar-refractivity contribution in [1.82, 2.24) is 0 Å². The lowest BCUT2D eigenvalue weighted by atomic mass is 9.83.